The molecule has 0 spiro atoms. The van der Waals surface area contributed by atoms with E-state index in [0.717, 1.165) is 11.1 Å². The monoisotopic (exact) mass is 975 g/mol. The van der Waals surface area contributed by atoms with Gasteiger partial charge in [0.25, 0.3) is 0 Å². The number of ether oxygens (including phenoxy) is 6. The second-order valence-corrected chi connectivity index (χ2v) is 24.9. The molecule has 0 radical (unpaired) electrons. The molecule has 0 unspecified atom stereocenters. The number of hydrogen-bond acceptors (Lipinski definition) is 11. The molecule has 68 heavy (non-hydrogen) atoms. The third-order valence-corrected chi connectivity index (χ3v) is 15.5. The van der Waals surface area contributed by atoms with Crippen molar-refractivity contribution in [1.29, 1.82) is 0 Å². The molecule has 0 atom stereocenters. The Hall–Kier alpha value is -5.77. The summed E-state index contributed by atoms with van der Waals surface area (Å²) in [5.74, 6) is 1.06. The third kappa shape index (κ3) is 17.7. The van der Waals surface area contributed by atoms with Crippen LogP contribution >= 0.6 is 11.6 Å². The van der Waals surface area contributed by atoms with Crippen molar-refractivity contribution in [2.24, 2.45) is 0 Å². The molecule has 14 nitrogen and oxygen atoms in total. The maximum absolute atomic E-state index is 13.6. The number of rotatable bonds is 20. The Morgan fingerprint density at radius 2 is 1.37 bits per heavy atom. The van der Waals surface area contributed by atoms with Gasteiger partial charge in [0.1, 0.15) is 40.8 Å². The van der Waals surface area contributed by atoms with Crippen LogP contribution in [0.1, 0.15) is 93.2 Å². The highest BCUT2D eigenvalue weighted by molar-refractivity contribution is 6.74. The summed E-state index contributed by atoms with van der Waals surface area (Å²) < 4.78 is 41.6. The van der Waals surface area contributed by atoms with Crippen LogP contribution in [-0.4, -0.2) is 77.0 Å². The smallest absolute Gasteiger partial charge is 0.414 e. The summed E-state index contributed by atoms with van der Waals surface area (Å²) in [5, 5.41) is 3.52. The van der Waals surface area contributed by atoms with E-state index < -0.39 is 31.7 Å². The number of carbonyl (C=O) groups excluding carboxylic acids is 4. The largest absolute Gasteiger partial charge is 0.493 e. The van der Waals surface area contributed by atoms with Crippen LogP contribution in [0.15, 0.2) is 84.9 Å². The van der Waals surface area contributed by atoms with E-state index in [4.69, 9.17) is 44.4 Å². The van der Waals surface area contributed by atoms with Crippen molar-refractivity contribution in [2.75, 3.05) is 48.5 Å². The fourth-order valence-corrected chi connectivity index (χ4v) is 7.30. The Kier molecular flexibility index (Phi) is 19.3. The number of anilines is 3. The van der Waals surface area contributed by atoms with Crippen molar-refractivity contribution in [3.05, 3.63) is 101 Å². The van der Waals surface area contributed by atoms with Crippen LogP contribution < -0.4 is 29.3 Å². The number of nitrogens with one attached hydrogen (secondary N) is 1. The highest BCUT2D eigenvalue weighted by Crippen LogP contribution is 2.38. The molecule has 0 aromatic heterocycles. The predicted molar refractivity (Wildman–Crippen MR) is 270 cm³/mol. The first-order chi connectivity index (χ1) is 31.7. The van der Waals surface area contributed by atoms with Gasteiger partial charge in [-0.05, 0) is 127 Å². The van der Waals surface area contributed by atoms with Gasteiger partial charge in [0, 0.05) is 36.7 Å². The van der Waals surface area contributed by atoms with E-state index in [-0.39, 0.29) is 49.5 Å². The topological polar surface area (TPSA) is 151 Å². The molecular formula is C52H70ClN3O11Si. The minimum absolute atomic E-state index is 0.00897. The van der Waals surface area contributed by atoms with Crippen molar-refractivity contribution < 1.29 is 52.0 Å². The lowest BCUT2D eigenvalue weighted by Gasteiger charge is -2.37. The number of amides is 3. The van der Waals surface area contributed by atoms with E-state index in [0.29, 0.717) is 64.7 Å². The van der Waals surface area contributed by atoms with Gasteiger partial charge >= 0.3 is 18.2 Å². The molecule has 0 aliphatic rings. The molecular weight excluding hydrogens is 906 g/mol. The molecule has 16 heteroatoms. The summed E-state index contributed by atoms with van der Waals surface area (Å²) in [4.78, 5) is 55.5. The predicted octanol–water partition coefficient (Wildman–Crippen LogP) is 12.7. The normalized spacial score (nSPS) is 11.9. The van der Waals surface area contributed by atoms with Crippen molar-refractivity contribution in [2.45, 2.75) is 124 Å². The third-order valence-electron chi connectivity index (χ3n) is 10.7. The quantitative estimate of drug-likeness (QED) is 0.0512. The Labute approximate surface area is 408 Å². The number of hydrogen-bond donors (Lipinski definition) is 1. The van der Waals surface area contributed by atoms with Gasteiger partial charge in [-0.25, -0.2) is 9.59 Å². The molecule has 1 N–H and O–H groups in total. The molecule has 370 valence electrons. The van der Waals surface area contributed by atoms with E-state index in [1.807, 2.05) is 39.0 Å². The van der Waals surface area contributed by atoms with Gasteiger partial charge in [0.15, 0.2) is 8.32 Å². The Bertz CT molecular complexity index is 2340. The molecule has 0 saturated heterocycles. The van der Waals surface area contributed by atoms with Crippen LogP contribution in [0.3, 0.4) is 0 Å². The van der Waals surface area contributed by atoms with E-state index in [9.17, 15) is 19.2 Å². The molecule has 0 heterocycles. The first-order valence-electron chi connectivity index (χ1n) is 22.8. The van der Waals surface area contributed by atoms with Crippen LogP contribution in [0.25, 0.3) is 0 Å². The standard InChI is InChI=1S/C52H70ClN3O11Si/c1-14-61-47(58)27-21-37-20-24-40(34-45(37)63-35-36-18-22-38(53)23-19-36)62-30-28-46(57)54-43-26-25-42(33-44(43)55(11)48(59)66-50(2,3)4)65-41-17-15-16-39(32-41)56(49(60)67-51(5,6)7)29-31-64-68(12,13)52(8,9)10/h15-20,22-26,32-34H,14,21,27-31,35H2,1-13H3,(H,54,57). The average Bonchev–Trinajstić information content (AvgIpc) is 3.23. The zero-order valence-electron chi connectivity index (χ0n) is 42.0. The van der Waals surface area contributed by atoms with E-state index in [2.05, 4.69) is 39.2 Å². The molecule has 4 aromatic carbocycles. The van der Waals surface area contributed by atoms with E-state index in [1.165, 1.54) is 9.80 Å². The van der Waals surface area contributed by atoms with Crippen LogP contribution in [0.2, 0.25) is 23.2 Å². The van der Waals surface area contributed by atoms with Gasteiger partial charge < -0.3 is 38.2 Å². The molecule has 0 bridgehead atoms. The van der Waals surface area contributed by atoms with Crippen molar-refractivity contribution in [3.63, 3.8) is 0 Å². The Morgan fingerprint density at radius 1 is 0.721 bits per heavy atom. The fraction of sp³-hybridized carbons (Fsp3) is 0.462. The van der Waals surface area contributed by atoms with E-state index >= 15 is 0 Å². The second-order valence-electron chi connectivity index (χ2n) is 19.7. The number of esters is 1. The molecule has 0 aliphatic heterocycles. The summed E-state index contributed by atoms with van der Waals surface area (Å²) in [7, 11) is -0.562. The number of carbonyl (C=O) groups is 4. The maximum atomic E-state index is 13.6. The van der Waals surface area contributed by atoms with Gasteiger partial charge in [-0.1, -0.05) is 56.6 Å². The molecule has 0 saturated carbocycles. The Morgan fingerprint density at radius 3 is 2.01 bits per heavy atom. The highest BCUT2D eigenvalue weighted by Gasteiger charge is 2.37. The summed E-state index contributed by atoms with van der Waals surface area (Å²) >= 11 is 6.07. The van der Waals surface area contributed by atoms with Crippen molar-refractivity contribution in [3.8, 4) is 23.0 Å². The van der Waals surface area contributed by atoms with Crippen LogP contribution in [0.5, 0.6) is 23.0 Å². The molecule has 3 amide bonds. The van der Waals surface area contributed by atoms with Gasteiger partial charge in [0.2, 0.25) is 5.91 Å². The molecule has 4 aromatic rings. The van der Waals surface area contributed by atoms with Crippen molar-refractivity contribution >= 4 is 61.0 Å². The summed E-state index contributed by atoms with van der Waals surface area (Å²) in [6.07, 6.45) is -0.636. The first-order valence-corrected chi connectivity index (χ1v) is 26.1. The number of nitrogens with zero attached hydrogens (tertiary/aromatic N) is 2. The van der Waals surface area contributed by atoms with Gasteiger partial charge in [-0.3, -0.25) is 19.4 Å². The zero-order valence-corrected chi connectivity index (χ0v) is 43.8. The van der Waals surface area contributed by atoms with Crippen LogP contribution in [0, 0.1) is 0 Å². The van der Waals surface area contributed by atoms with Gasteiger partial charge in [0.05, 0.1) is 49.8 Å². The number of halogens is 1. The summed E-state index contributed by atoms with van der Waals surface area (Å²) in [6.45, 7) is 24.5. The second kappa shape index (κ2) is 24.0. The fourth-order valence-electron chi connectivity index (χ4n) is 6.14. The Balaban J connectivity index is 1.53. The van der Waals surface area contributed by atoms with E-state index in [1.54, 1.807) is 101 Å². The molecule has 0 aliphatic carbocycles. The lowest BCUT2D eigenvalue weighted by Crippen LogP contribution is -2.44. The van der Waals surface area contributed by atoms with Gasteiger partial charge in [-0.2, -0.15) is 0 Å². The minimum atomic E-state index is -2.10. The minimum Gasteiger partial charge on any atom is -0.493 e. The molecule has 4 rings (SSSR count). The molecule has 0 fully saturated rings. The van der Waals surface area contributed by atoms with Crippen molar-refractivity contribution in [1.82, 2.24) is 0 Å². The first kappa shape index (κ1) is 54.8. The zero-order chi connectivity index (χ0) is 50.5. The van der Waals surface area contributed by atoms with Gasteiger partial charge in [-0.15, -0.1) is 0 Å². The highest BCUT2D eigenvalue weighted by atomic mass is 35.5. The van der Waals surface area contributed by atoms with Crippen LogP contribution in [-0.2, 0) is 41.3 Å². The summed E-state index contributed by atoms with van der Waals surface area (Å²) in [6, 6.07) is 24.6. The summed E-state index contributed by atoms with van der Waals surface area (Å²) in [5.41, 5.74) is 1.34. The lowest BCUT2D eigenvalue weighted by atomic mass is 10.1. The SMILES string of the molecule is CCOC(=O)CCc1ccc(OCCC(=O)Nc2ccc(Oc3cccc(N(CCO[Si](C)(C)C(C)(C)C)C(=O)OC(C)(C)C)c3)cc2N(C)C(=O)OC(C)(C)C)cc1OCc1ccc(Cl)cc1. The van der Waals surface area contributed by atoms with Crippen LogP contribution in [0.4, 0.5) is 26.7 Å². The average molecular weight is 977 g/mol. The number of aryl methyl sites for hydroxylation is 1. The number of benzene rings is 4. The maximum Gasteiger partial charge on any atom is 0.414 e. The lowest BCUT2D eigenvalue weighted by molar-refractivity contribution is -0.143.